The van der Waals surface area contributed by atoms with Crippen LogP contribution in [0.25, 0.3) is 0 Å². The van der Waals surface area contributed by atoms with E-state index in [4.69, 9.17) is 5.11 Å². The number of thiophene rings is 1. The van der Waals surface area contributed by atoms with Crippen LogP contribution in [0.3, 0.4) is 0 Å². The van der Waals surface area contributed by atoms with Gasteiger partial charge in [-0.2, -0.15) is 0 Å². The van der Waals surface area contributed by atoms with Crippen molar-refractivity contribution in [1.29, 1.82) is 0 Å². The number of nitrogens with zero attached hydrogens (tertiary/aromatic N) is 1. The van der Waals surface area contributed by atoms with Gasteiger partial charge in [0.05, 0.1) is 13.2 Å². The van der Waals surface area contributed by atoms with Crippen LogP contribution < -0.4 is 0 Å². The zero-order chi connectivity index (χ0) is 15.5. The molecule has 1 fully saturated rings. The summed E-state index contributed by atoms with van der Waals surface area (Å²) < 4.78 is 0. The lowest BCUT2D eigenvalue weighted by molar-refractivity contribution is -0.128. The monoisotopic (exact) mass is 305 g/mol. The first-order valence-corrected chi connectivity index (χ1v) is 8.23. The third-order valence-corrected chi connectivity index (χ3v) is 4.88. The summed E-state index contributed by atoms with van der Waals surface area (Å²) in [5, 5.41) is 10.8. The topological polar surface area (TPSA) is 40.5 Å². The highest BCUT2D eigenvalue weighted by Gasteiger charge is 2.36. The van der Waals surface area contributed by atoms with Crippen LogP contribution in [-0.2, 0) is 11.3 Å². The molecule has 0 aliphatic carbocycles. The van der Waals surface area contributed by atoms with E-state index in [9.17, 15) is 4.79 Å². The van der Waals surface area contributed by atoms with Crippen LogP contribution in [-0.4, -0.2) is 29.1 Å². The molecule has 4 heteroatoms. The SMILES string of the molecule is CC(C)(C)C1CC(=O)N(Cc2sccc2C#CCCO)C1. The van der Waals surface area contributed by atoms with Gasteiger partial charge in [-0.25, -0.2) is 0 Å². The highest BCUT2D eigenvalue weighted by molar-refractivity contribution is 7.10. The van der Waals surface area contributed by atoms with Crippen molar-refractivity contribution in [1.82, 2.24) is 4.90 Å². The molecule has 2 rings (SSSR count). The maximum Gasteiger partial charge on any atom is 0.223 e. The molecule has 1 atom stereocenters. The molecule has 0 saturated carbocycles. The maximum atomic E-state index is 12.2. The Morgan fingerprint density at radius 3 is 2.86 bits per heavy atom. The van der Waals surface area contributed by atoms with Crippen LogP contribution in [0.1, 0.15) is 44.1 Å². The van der Waals surface area contributed by atoms with Gasteiger partial charge in [0.2, 0.25) is 5.91 Å². The highest BCUT2D eigenvalue weighted by Crippen LogP contribution is 2.35. The molecule has 114 valence electrons. The standard InChI is InChI=1S/C17H23NO2S/c1-17(2,3)14-10-16(20)18(11-14)12-15-13(7-9-21-15)6-4-5-8-19/h7,9,14,19H,5,8,10-12H2,1-3H3. The fraction of sp³-hybridized carbons (Fsp3) is 0.588. The lowest BCUT2D eigenvalue weighted by Crippen LogP contribution is -2.27. The van der Waals surface area contributed by atoms with Gasteiger partial charge in [-0.1, -0.05) is 32.6 Å². The Bertz CT molecular complexity index is 559. The molecule has 1 aliphatic heterocycles. The molecule has 0 spiro atoms. The van der Waals surface area contributed by atoms with Crippen LogP contribution in [0, 0.1) is 23.2 Å². The Hall–Kier alpha value is -1.31. The van der Waals surface area contributed by atoms with Crippen molar-refractivity contribution < 1.29 is 9.90 Å². The Labute approximate surface area is 131 Å². The average Bonchev–Trinajstić information content (AvgIpc) is 2.98. The number of aliphatic hydroxyl groups excluding tert-OH is 1. The van der Waals surface area contributed by atoms with Gasteiger partial charge < -0.3 is 10.0 Å². The lowest BCUT2D eigenvalue weighted by atomic mass is 9.80. The van der Waals surface area contributed by atoms with Gasteiger partial charge in [0.15, 0.2) is 0 Å². The van der Waals surface area contributed by atoms with E-state index in [0.29, 0.717) is 25.3 Å². The van der Waals surface area contributed by atoms with Gasteiger partial charge >= 0.3 is 0 Å². The van der Waals surface area contributed by atoms with Crippen LogP contribution in [0.5, 0.6) is 0 Å². The first-order valence-electron chi connectivity index (χ1n) is 7.35. The summed E-state index contributed by atoms with van der Waals surface area (Å²) >= 11 is 1.65. The number of rotatable bonds is 3. The Kier molecular flexibility index (Phi) is 5.08. The molecule has 0 aromatic carbocycles. The van der Waals surface area contributed by atoms with Crippen LogP contribution in [0.4, 0.5) is 0 Å². The first kappa shape index (κ1) is 16.1. The van der Waals surface area contributed by atoms with Gasteiger partial charge in [0.25, 0.3) is 0 Å². The minimum Gasteiger partial charge on any atom is -0.395 e. The van der Waals surface area contributed by atoms with Crippen molar-refractivity contribution in [2.75, 3.05) is 13.2 Å². The number of carbonyl (C=O) groups is 1. The number of likely N-dealkylation sites (tertiary alicyclic amines) is 1. The molecule has 1 aliphatic rings. The van der Waals surface area contributed by atoms with Crippen molar-refractivity contribution in [2.45, 2.75) is 40.2 Å². The average molecular weight is 305 g/mol. The molecule has 21 heavy (non-hydrogen) atoms. The molecule has 1 aromatic rings. The molecule has 3 nitrogen and oxygen atoms in total. The van der Waals surface area contributed by atoms with Gasteiger partial charge in [-0.05, 0) is 22.8 Å². The van der Waals surface area contributed by atoms with E-state index < -0.39 is 0 Å². The quantitative estimate of drug-likeness (QED) is 0.872. The van der Waals surface area contributed by atoms with E-state index in [2.05, 4.69) is 32.6 Å². The van der Waals surface area contributed by atoms with Gasteiger partial charge in [-0.15, -0.1) is 11.3 Å². The molecule has 2 heterocycles. The van der Waals surface area contributed by atoms with Crippen molar-refractivity contribution in [3.05, 3.63) is 21.9 Å². The minimum absolute atomic E-state index is 0.0876. The number of carbonyl (C=O) groups excluding carboxylic acids is 1. The Morgan fingerprint density at radius 2 is 2.24 bits per heavy atom. The van der Waals surface area contributed by atoms with E-state index >= 15 is 0 Å². The first-order chi connectivity index (χ1) is 9.91. The summed E-state index contributed by atoms with van der Waals surface area (Å²) in [4.78, 5) is 15.3. The zero-order valence-corrected chi connectivity index (χ0v) is 13.8. The van der Waals surface area contributed by atoms with Crippen LogP contribution in [0.2, 0.25) is 0 Å². The largest absolute Gasteiger partial charge is 0.395 e. The van der Waals surface area contributed by atoms with E-state index in [-0.39, 0.29) is 17.9 Å². The maximum absolute atomic E-state index is 12.2. The second-order valence-corrected chi connectivity index (χ2v) is 7.57. The summed E-state index contributed by atoms with van der Waals surface area (Å²) in [7, 11) is 0. The summed E-state index contributed by atoms with van der Waals surface area (Å²) in [6.07, 6.45) is 1.14. The fourth-order valence-corrected chi connectivity index (χ4v) is 3.31. The van der Waals surface area contributed by atoms with Crippen LogP contribution in [0.15, 0.2) is 11.4 Å². The smallest absolute Gasteiger partial charge is 0.223 e. The minimum atomic E-state index is 0.0876. The van der Waals surface area contributed by atoms with E-state index in [1.807, 2.05) is 16.3 Å². The highest BCUT2D eigenvalue weighted by atomic mass is 32.1. The van der Waals surface area contributed by atoms with Gasteiger partial charge in [-0.3, -0.25) is 4.79 Å². The molecule has 0 bridgehead atoms. The van der Waals surface area contributed by atoms with Gasteiger partial charge in [0.1, 0.15) is 0 Å². The van der Waals surface area contributed by atoms with E-state index in [1.54, 1.807) is 11.3 Å². The molecule has 1 aromatic heterocycles. The number of aliphatic hydroxyl groups is 1. The Morgan fingerprint density at radius 1 is 1.48 bits per heavy atom. The van der Waals surface area contributed by atoms with E-state index in [1.165, 1.54) is 0 Å². The second-order valence-electron chi connectivity index (χ2n) is 6.57. The number of amides is 1. The van der Waals surface area contributed by atoms with Gasteiger partial charge in [0, 0.05) is 29.8 Å². The fourth-order valence-electron chi connectivity index (χ4n) is 2.47. The predicted molar refractivity (Wildman–Crippen MR) is 85.9 cm³/mol. The van der Waals surface area contributed by atoms with Crippen LogP contribution >= 0.6 is 11.3 Å². The molecule has 0 radical (unpaired) electrons. The molecule has 1 amide bonds. The number of hydrogen-bond donors (Lipinski definition) is 1. The molecule has 1 saturated heterocycles. The summed E-state index contributed by atoms with van der Waals surface area (Å²) in [5.74, 6) is 6.71. The zero-order valence-electron chi connectivity index (χ0n) is 13.0. The van der Waals surface area contributed by atoms with Crippen molar-refractivity contribution in [2.24, 2.45) is 11.3 Å². The second kappa shape index (κ2) is 6.64. The third-order valence-electron chi connectivity index (χ3n) is 3.98. The normalized spacial score (nSPS) is 18.8. The lowest BCUT2D eigenvalue weighted by Gasteiger charge is -2.26. The van der Waals surface area contributed by atoms with Crippen molar-refractivity contribution >= 4 is 17.2 Å². The third kappa shape index (κ3) is 4.09. The molecular formula is C17H23NO2S. The summed E-state index contributed by atoms with van der Waals surface area (Å²) in [6.45, 7) is 8.18. The van der Waals surface area contributed by atoms with Crippen molar-refractivity contribution in [3.63, 3.8) is 0 Å². The van der Waals surface area contributed by atoms with E-state index in [0.717, 1.165) is 17.0 Å². The molecule has 1 unspecified atom stereocenters. The Balaban J connectivity index is 2.05. The summed E-state index contributed by atoms with van der Waals surface area (Å²) in [6, 6.07) is 1.99. The molecule has 1 N–H and O–H groups in total. The number of hydrogen-bond acceptors (Lipinski definition) is 3. The van der Waals surface area contributed by atoms with Crippen molar-refractivity contribution in [3.8, 4) is 11.8 Å². The predicted octanol–water partition coefficient (Wildman–Crippen LogP) is 2.88. The molecular weight excluding hydrogens is 282 g/mol. The summed E-state index contributed by atoms with van der Waals surface area (Å²) in [5.41, 5.74) is 1.16.